The van der Waals surface area contributed by atoms with Gasteiger partial charge in [-0.1, -0.05) is 30.3 Å². The standard InChI is InChI=1S/C22H23N5O2/c28-20-21(29)27(14-17-4-2-1-3-5-17)24-19-12-22(16-26(19)20)8-11-25(15-22)13-18-6-9-23-10-7-18/h1-7,9-10H,8,11-16H2. The Morgan fingerprint density at radius 3 is 2.45 bits per heavy atom. The van der Waals surface area contributed by atoms with Crippen LogP contribution in [-0.4, -0.2) is 37.3 Å². The Morgan fingerprint density at radius 1 is 0.897 bits per heavy atom. The Balaban J connectivity index is 1.37. The third-order valence-corrected chi connectivity index (χ3v) is 6.08. The van der Waals surface area contributed by atoms with Crippen LogP contribution in [0.25, 0.3) is 0 Å². The molecular formula is C22H23N5O2. The molecule has 2 aliphatic heterocycles. The van der Waals surface area contributed by atoms with Crippen molar-refractivity contribution in [3.63, 3.8) is 0 Å². The smallest absolute Gasteiger partial charge is 0.298 e. The fraction of sp³-hybridized carbons (Fsp3) is 0.364. The van der Waals surface area contributed by atoms with E-state index in [1.54, 1.807) is 4.57 Å². The van der Waals surface area contributed by atoms with Gasteiger partial charge in [-0.15, -0.1) is 0 Å². The van der Waals surface area contributed by atoms with Crippen molar-refractivity contribution >= 4 is 0 Å². The Labute approximate surface area is 168 Å². The number of benzene rings is 1. The topological polar surface area (TPSA) is 73.0 Å². The first-order valence-electron chi connectivity index (χ1n) is 9.98. The normalized spacial score (nSPS) is 21.0. The molecule has 7 heteroatoms. The molecule has 1 unspecified atom stereocenters. The largest absolute Gasteiger partial charge is 0.332 e. The van der Waals surface area contributed by atoms with Gasteiger partial charge in [0.15, 0.2) is 0 Å². The van der Waals surface area contributed by atoms with E-state index in [1.807, 2.05) is 54.9 Å². The Morgan fingerprint density at radius 2 is 1.66 bits per heavy atom. The molecular weight excluding hydrogens is 366 g/mol. The fourth-order valence-electron chi connectivity index (χ4n) is 4.65. The van der Waals surface area contributed by atoms with Gasteiger partial charge < -0.3 is 0 Å². The molecule has 3 aromatic rings. The summed E-state index contributed by atoms with van der Waals surface area (Å²) in [6, 6.07) is 13.7. The number of pyridine rings is 1. The van der Waals surface area contributed by atoms with Crippen molar-refractivity contribution in [1.82, 2.24) is 24.2 Å². The summed E-state index contributed by atoms with van der Waals surface area (Å²) in [4.78, 5) is 31.8. The highest BCUT2D eigenvalue weighted by Gasteiger charge is 2.44. The van der Waals surface area contributed by atoms with E-state index in [2.05, 4.69) is 15.0 Å². The summed E-state index contributed by atoms with van der Waals surface area (Å²) in [5, 5.41) is 4.58. The van der Waals surface area contributed by atoms with E-state index in [4.69, 9.17) is 0 Å². The molecule has 7 nitrogen and oxygen atoms in total. The van der Waals surface area contributed by atoms with Crippen molar-refractivity contribution in [2.24, 2.45) is 5.41 Å². The van der Waals surface area contributed by atoms with E-state index in [0.717, 1.165) is 43.9 Å². The Kier molecular flexibility index (Phi) is 4.39. The van der Waals surface area contributed by atoms with Gasteiger partial charge in [-0.05, 0) is 36.2 Å². The number of likely N-dealkylation sites (tertiary alicyclic amines) is 1. The summed E-state index contributed by atoms with van der Waals surface area (Å²) in [6.45, 7) is 3.68. The second-order valence-electron chi connectivity index (χ2n) is 8.25. The maximum atomic E-state index is 12.8. The third kappa shape index (κ3) is 3.42. The maximum absolute atomic E-state index is 12.8. The van der Waals surface area contributed by atoms with Crippen LogP contribution in [0.4, 0.5) is 0 Å². The average molecular weight is 389 g/mol. The zero-order valence-electron chi connectivity index (χ0n) is 16.2. The maximum Gasteiger partial charge on any atom is 0.332 e. The molecule has 0 N–H and O–H groups in total. The predicted octanol–water partition coefficient (Wildman–Crippen LogP) is 1.30. The number of fused-ring (bicyclic) bond motifs is 1. The van der Waals surface area contributed by atoms with E-state index >= 15 is 0 Å². The first kappa shape index (κ1) is 18.0. The SMILES string of the molecule is O=c1c(=O)n2c(nn1Cc1ccccc1)CC1(CCN(Cc3ccncc3)C1)C2. The minimum atomic E-state index is -0.540. The van der Waals surface area contributed by atoms with Crippen LogP contribution in [0.1, 0.15) is 23.4 Å². The van der Waals surface area contributed by atoms with Crippen molar-refractivity contribution in [1.29, 1.82) is 0 Å². The van der Waals surface area contributed by atoms with Crippen LogP contribution in [0.5, 0.6) is 0 Å². The molecule has 1 spiro atoms. The first-order chi connectivity index (χ1) is 14.1. The van der Waals surface area contributed by atoms with Crippen LogP contribution in [0.3, 0.4) is 0 Å². The van der Waals surface area contributed by atoms with Crippen molar-refractivity contribution in [2.75, 3.05) is 13.1 Å². The van der Waals surface area contributed by atoms with Crippen LogP contribution >= 0.6 is 0 Å². The molecule has 29 heavy (non-hydrogen) atoms. The zero-order valence-corrected chi connectivity index (χ0v) is 16.2. The van der Waals surface area contributed by atoms with E-state index < -0.39 is 11.1 Å². The average Bonchev–Trinajstić information content (AvgIpc) is 3.30. The number of rotatable bonds is 4. The molecule has 1 atom stereocenters. The van der Waals surface area contributed by atoms with Crippen molar-refractivity contribution in [3.8, 4) is 0 Å². The molecule has 2 aliphatic rings. The highest BCUT2D eigenvalue weighted by molar-refractivity contribution is 5.16. The zero-order chi connectivity index (χ0) is 19.8. The quantitative estimate of drug-likeness (QED) is 0.629. The molecule has 5 rings (SSSR count). The number of aromatic nitrogens is 4. The lowest BCUT2D eigenvalue weighted by Crippen LogP contribution is -2.43. The summed E-state index contributed by atoms with van der Waals surface area (Å²) in [6.07, 6.45) is 5.38. The van der Waals surface area contributed by atoms with E-state index in [-0.39, 0.29) is 5.41 Å². The predicted molar refractivity (Wildman–Crippen MR) is 109 cm³/mol. The molecule has 1 fully saturated rings. The summed E-state index contributed by atoms with van der Waals surface area (Å²) in [7, 11) is 0. The number of nitrogens with zero attached hydrogens (tertiary/aromatic N) is 5. The molecule has 2 aromatic heterocycles. The van der Waals surface area contributed by atoms with E-state index in [1.165, 1.54) is 10.2 Å². The van der Waals surface area contributed by atoms with Crippen LogP contribution < -0.4 is 11.1 Å². The van der Waals surface area contributed by atoms with Crippen LogP contribution in [-0.2, 0) is 26.1 Å². The van der Waals surface area contributed by atoms with Gasteiger partial charge in [0.05, 0.1) is 6.54 Å². The first-order valence-corrected chi connectivity index (χ1v) is 9.98. The van der Waals surface area contributed by atoms with Crippen LogP contribution in [0.15, 0.2) is 64.4 Å². The highest BCUT2D eigenvalue weighted by Crippen LogP contribution is 2.39. The lowest BCUT2D eigenvalue weighted by molar-refractivity contribution is 0.246. The lowest BCUT2D eigenvalue weighted by Gasteiger charge is -2.22. The molecule has 148 valence electrons. The van der Waals surface area contributed by atoms with E-state index in [0.29, 0.717) is 13.1 Å². The fourth-order valence-corrected chi connectivity index (χ4v) is 4.65. The molecule has 0 radical (unpaired) electrons. The van der Waals surface area contributed by atoms with Gasteiger partial charge >= 0.3 is 11.1 Å². The summed E-state index contributed by atoms with van der Waals surface area (Å²) in [5.74, 6) is 0.733. The van der Waals surface area contributed by atoms with Gasteiger partial charge in [0, 0.05) is 43.9 Å². The Hall–Kier alpha value is -3.06. The van der Waals surface area contributed by atoms with Crippen molar-refractivity contribution in [2.45, 2.75) is 32.5 Å². The van der Waals surface area contributed by atoms with Crippen molar-refractivity contribution in [3.05, 3.63) is 92.5 Å². The molecule has 0 saturated carbocycles. The van der Waals surface area contributed by atoms with Gasteiger partial charge in [0.2, 0.25) is 0 Å². The number of hydrogen-bond acceptors (Lipinski definition) is 5. The Bertz CT molecular complexity index is 1140. The monoisotopic (exact) mass is 389 g/mol. The number of hydrogen-bond donors (Lipinski definition) is 0. The summed E-state index contributed by atoms with van der Waals surface area (Å²) >= 11 is 0. The minimum absolute atomic E-state index is 0.00936. The second kappa shape index (κ2) is 7.08. The highest BCUT2D eigenvalue weighted by atomic mass is 16.2. The second-order valence-corrected chi connectivity index (χ2v) is 8.25. The van der Waals surface area contributed by atoms with Gasteiger partial charge in [0.1, 0.15) is 5.82 Å². The lowest BCUT2D eigenvalue weighted by atomic mass is 9.86. The molecule has 0 amide bonds. The molecule has 0 bridgehead atoms. The molecule has 1 saturated heterocycles. The van der Waals surface area contributed by atoms with Crippen molar-refractivity contribution < 1.29 is 0 Å². The summed E-state index contributed by atoms with van der Waals surface area (Å²) in [5.41, 5.74) is 1.20. The van der Waals surface area contributed by atoms with Gasteiger partial charge in [-0.2, -0.15) is 5.10 Å². The molecule has 4 heterocycles. The molecule has 1 aromatic carbocycles. The summed E-state index contributed by atoms with van der Waals surface area (Å²) < 4.78 is 2.94. The van der Waals surface area contributed by atoms with Crippen LogP contribution in [0, 0.1) is 5.41 Å². The molecule has 0 aliphatic carbocycles. The van der Waals surface area contributed by atoms with Gasteiger partial charge in [-0.3, -0.25) is 24.0 Å². The van der Waals surface area contributed by atoms with Gasteiger partial charge in [-0.25, -0.2) is 4.68 Å². The minimum Gasteiger partial charge on any atom is -0.298 e. The van der Waals surface area contributed by atoms with E-state index in [9.17, 15) is 9.59 Å². The third-order valence-electron chi connectivity index (χ3n) is 6.08. The van der Waals surface area contributed by atoms with Crippen LogP contribution in [0.2, 0.25) is 0 Å². The van der Waals surface area contributed by atoms with Gasteiger partial charge in [0.25, 0.3) is 0 Å².